The van der Waals surface area contributed by atoms with Crippen LogP contribution in [-0.2, 0) is 16.0 Å². The van der Waals surface area contributed by atoms with Crippen molar-refractivity contribution in [1.29, 1.82) is 0 Å². The normalized spacial score (nSPS) is 13.6. The van der Waals surface area contributed by atoms with E-state index in [1.165, 1.54) is 11.1 Å². The van der Waals surface area contributed by atoms with E-state index in [0.29, 0.717) is 6.42 Å². The van der Waals surface area contributed by atoms with Gasteiger partial charge in [0.2, 0.25) is 0 Å². The Kier molecular flexibility index (Phi) is 12.5. The van der Waals surface area contributed by atoms with Gasteiger partial charge in [-0.05, 0) is 78.4 Å². The van der Waals surface area contributed by atoms with Gasteiger partial charge in [0.1, 0.15) is 11.2 Å². The Bertz CT molecular complexity index is 971. The number of carbonyl (C=O) groups excluding carboxylic acids is 2. The van der Waals surface area contributed by atoms with E-state index >= 15 is 0 Å². The molecule has 0 aliphatic heterocycles. The number of aliphatic hydroxyl groups excluding tert-OH is 1. The van der Waals surface area contributed by atoms with E-state index in [0.717, 1.165) is 30.8 Å². The summed E-state index contributed by atoms with van der Waals surface area (Å²) in [4.78, 5) is 29.0. The third-order valence-electron chi connectivity index (χ3n) is 6.28. The summed E-state index contributed by atoms with van der Waals surface area (Å²) < 4.78 is 10.9. The minimum absolute atomic E-state index is 0.0522. The summed E-state index contributed by atoms with van der Waals surface area (Å²) in [6.07, 6.45) is 0.677. The molecule has 2 aromatic carbocycles. The fourth-order valence-electron chi connectivity index (χ4n) is 4.29. The summed E-state index contributed by atoms with van der Waals surface area (Å²) in [6.45, 7) is 14.6. The summed E-state index contributed by atoms with van der Waals surface area (Å²) in [6, 6.07) is 20.9. The summed E-state index contributed by atoms with van der Waals surface area (Å²) in [7, 11) is 0. The number of amides is 2. The lowest BCUT2D eigenvalue weighted by molar-refractivity contribution is 0.00105. The van der Waals surface area contributed by atoms with E-state index in [1.807, 2.05) is 24.3 Å². The van der Waals surface area contributed by atoms with Crippen molar-refractivity contribution in [3.8, 4) is 0 Å². The molecular weight excluding hydrogens is 492 g/mol. The first kappa shape index (κ1) is 32.3. The minimum atomic E-state index is -0.725. The van der Waals surface area contributed by atoms with Crippen LogP contribution in [0.1, 0.15) is 84.9 Å². The van der Waals surface area contributed by atoms with Crippen LogP contribution in [0.15, 0.2) is 60.7 Å². The third-order valence-corrected chi connectivity index (χ3v) is 6.28. The number of nitrogens with zero attached hydrogens (tertiary/aromatic N) is 2. The molecule has 216 valence electrons. The van der Waals surface area contributed by atoms with Crippen molar-refractivity contribution in [3.63, 3.8) is 0 Å². The number of benzene rings is 2. The highest BCUT2D eigenvalue weighted by Crippen LogP contribution is 2.25. The molecule has 0 radical (unpaired) electrons. The quantitative estimate of drug-likeness (QED) is 0.287. The number of ether oxygens (including phenoxy) is 2. The lowest BCUT2D eigenvalue weighted by Crippen LogP contribution is -2.44. The predicted molar refractivity (Wildman–Crippen MR) is 155 cm³/mol. The first-order chi connectivity index (χ1) is 18.3. The van der Waals surface area contributed by atoms with Crippen LogP contribution in [0.5, 0.6) is 0 Å². The maximum atomic E-state index is 12.8. The molecule has 7 heteroatoms. The molecule has 0 saturated heterocycles. The monoisotopic (exact) mass is 540 g/mol. The number of rotatable bonds is 12. The van der Waals surface area contributed by atoms with E-state index in [2.05, 4.69) is 48.2 Å². The average Bonchev–Trinajstić information content (AvgIpc) is 2.85. The van der Waals surface area contributed by atoms with Gasteiger partial charge in [-0.1, -0.05) is 67.1 Å². The van der Waals surface area contributed by atoms with Crippen LogP contribution in [0.3, 0.4) is 0 Å². The molecule has 2 amide bonds. The van der Waals surface area contributed by atoms with Crippen LogP contribution >= 0.6 is 0 Å². The highest BCUT2D eigenvalue weighted by atomic mass is 16.6. The molecule has 0 aliphatic carbocycles. The largest absolute Gasteiger partial charge is 0.443 e. The van der Waals surface area contributed by atoms with Crippen molar-refractivity contribution in [2.24, 2.45) is 5.92 Å². The lowest BCUT2D eigenvalue weighted by atomic mass is 9.99. The molecule has 0 aliphatic rings. The van der Waals surface area contributed by atoms with Gasteiger partial charge in [-0.3, -0.25) is 4.90 Å². The van der Waals surface area contributed by atoms with Gasteiger partial charge in [-0.2, -0.15) is 0 Å². The molecular formula is C32H48N2O5. The molecule has 2 rings (SSSR count). The van der Waals surface area contributed by atoms with Crippen LogP contribution in [0.4, 0.5) is 9.59 Å². The molecule has 7 nitrogen and oxygen atoms in total. The van der Waals surface area contributed by atoms with Crippen LogP contribution in [0.25, 0.3) is 0 Å². The molecule has 0 spiro atoms. The van der Waals surface area contributed by atoms with Crippen molar-refractivity contribution in [2.45, 2.75) is 91.5 Å². The number of unbranched alkanes of at least 4 members (excludes halogenated alkanes) is 1. The van der Waals surface area contributed by atoms with Crippen molar-refractivity contribution in [2.75, 3.05) is 19.7 Å². The zero-order valence-electron chi connectivity index (χ0n) is 24.9. The van der Waals surface area contributed by atoms with E-state index in [4.69, 9.17) is 9.47 Å². The van der Waals surface area contributed by atoms with Gasteiger partial charge < -0.3 is 14.6 Å². The molecule has 0 bridgehead atoms. The molecule has 0 aromatic heterocycles. The Hall–Kier alpha value is -2.90. The number of imide groups is 1. The second kappa shape index (κ2) is 15.0. The van der Waals surface area contributed by atoms with Gasteiger partial charge >= 0.3 is 12.2 Å². The third kappa shape index (κ3) is 12.2. The van der Waals surface area contributed by atoms with Crippen LogP contribution in [0.2, 0.25) is 0 Å². The summed E-state index contributed by atoms with van der Waals surface area (Å²) in [5.41, 5.74) is 1.01. The molecule has 0 fully saturated rings. The Balaban J connectivity index is 2.04. The standard InChI is InChI=1S/C32H48N2O5/c1-25(28-19-12-9-13-20-28)33(22-26-16-10-8-11-17-26)23-27(24-35)18-14-15-21-34(29(36)38-31(2,3)4)30(37)39-32(5,6)7/h8-13,16-17,19-20,25,27,35H,14-15,18,21-24H2,1-7H3/t25-,27-/m0/s1. The zero-order valence-corrected chi connectivity index (χ0v) is 24.9. The molecule has 0 saturated carbocycles. The highest BCUT2D eigenvalue weighted by molar-refractivity contribution is 5.88. The van der Waals surface area contributed by atoms with Gasteiger partial charge in [0.15, 0.2) is 0 Å². The van der Waals surface area contributed by atoms with Gasteiger partial charge in [-0.15, -0.1) is 0 Å². The second-order valence-corrected chi connectivity index (χ2v) is 12.2. The van der Waals surface area contributed by atoms with E-state index in [9.17, 15) is 14.7 Å². The minimum Gasteiger partial charge on any atom is -0.443 e. The number of carbonyl (C=O) groups is 2. The second-order valence-electron chi connectivity index (χ2n) is 12.2. The summed E-state index contributed by atoms with van der Waals surface area (Å²) >= 11 is 0. The number of aliphatic hydroxyl groups is 1. The Morgan fingerprint density at radius 3 is 1.82 bits per heavy atom. The first-order valence-corrected chi connectivity index (χ1v) is 14.0. The van der Waals surface area contributed by atoms with Crippen LogP contribution < -0.4 is 0 Å². The first-order valence-electron chi connectivity index (χ1n) is 14.0. The maximum Gasteiger partial charge on any atom is 0.419 e. The summed E-state index contributed by atoms with van der Waals surface area (Å²) in [5.74, 6) is 0.0522. The zero-order chi connectivity index (χ0) is 29.1. The number of hydrogen-bond donors (Lipinski definition) is 1. The van der Waals surface area contributed by atoms with Crippen LogP contribution in [-0.4, -0.2) is 58.0 Å². The maximum absolute atomic E-state index is 12.8. The fourth-order valence-corrected chi connectivity index (χ4v) is 4.29. The molecule has 0 heterocycles. The Labute approximate surface area is 235 Å². The van der Waals surface area contributed by atoms with Crippen molar-refractivity contribution in [3.05, 3.63) is 71.8 Å². The van der Waals surface area contributed by atoms with E-state index in [-0.39, 0.29) is 25.1 Å². The van der Waals surface area contributed by atoms with E-state index < -0.39 is 23.4 Å². The molecule has 1 N–H and O–H groups in total. The Morgan fingerprint density at radius 2 is 1.33 bits per heavy atom. The van der Waals surface area contributed by atoms with Gasteiger partial charge in [0, 0.05) is 32.3 Å². The van der Waals surface area contributed by atoms with Gasteiger partial charge in [-0.25, -0.2) is 14.5 Å². The molecule has 0 unspecified atom stereocenters. The topological polar surface area (TPSA) is 79.3 Å². The summed E-state index contributed by atoms with van der Waals surface area (Å²) in [5, 5.41) is 10.2. The fraction of sp³-hybridized carbons (Fsp3) is 0.562. The molecule has 2 aromatic rings. The van der Waals surface area contributed by atoms with Gasteiger partial charge in [0.25, 0.3) is 0 Å². The number of hydrogen-bond acceptors (Lipinski definition) is 6. The van der Waals surface area contributed by atoms with Crippen LogP contribution in [0, 0.1) is 5.92 Å². The molecule has 2 atom stereocenters. The van der Waals surface area contributed by atoms with E-state index in [1.54, 1.807) is 41.5 Å². The predicted octanol–water partition coefficient (Wildman–Crippen LogP) is 7.20. The lowest BCUT2D eigenvalue weighted by Gasteiger charge is -2.33. The van der Waals surface area contributed by atoms with Gasteiger partial charge in [0.05, 0.1) is 0 Å². The Morgan fingerprint density at radius 1 is 0.821 bits per heavy atom. The highest BCUT2D eigenvalue weighted by Gasteiger charge is 2.31. The van der Waals surface area contributed by atoms with Crippen molar-refractivity contribution < 1.29 is 24.2 Å². The van der Waals surface area contributed by atoms with Crippen molar-refractivity contribution >= 4 is 12.2 Å². The average molecular weight is 541 g/mol. The smallest absolute Gasteiger partial charge is 0.419 e. The van der Waals surface area contributed by atoms with Crippen molar-refractivity contribution in [1.82, 2.24) is 9.80 Å². The molecule has 39 heavy (non-hydrogen) atoms. The SMILES string of the molecule is C[C@@H](c1ccccc1)N(Cc1ccccc1)C[C@@H](CO)CCCCN(C(=O)OC(C)(C)C)C(=O)OC(C)(C)C.